The maximum atomic E-state index is 14.6. The predicted octanol–water partition coefficient (Wildman–Crippen LogP) is 6.85. The van der Waals surface area contributed by atoms with Crippen molar-refractivity contribution in [1.29, 1.82) is 0 Å². The number of nitrogens with zero attached hydrogens (tertiary/aromatic N) is 3. The molecular formula is C31H26F2N4. The van der Waals surface area contributed by atoms with Crippen LogP contribution in [0.25, 0.3) is 44.5 Å². The van der Waals surface area contributed by atoms with Crippen molar-refractivity contribution in [3.8, 4) is 33.5 Å². The zero-order chi connectivity index (χ0) is 25.2. The maximum Gasteiger partial charge on any atom is 0.160 e. The lowest BCUT2D eigenvalue weighted by Crippen LogP contribution is -2.28. The van der Waals surface area contributed by atoms with Gasteiger partial charge in [0.25, 0.3) is 0 Å². The van der Waals surface area contributed by atoms with E-state index < -0.39 is 11.6 Å². The Labute approximate surface area is 214 Å². The first-order valence-electron chi connectivity index (χ1n) is 12.6. The van der Waals surface area contributed by atoms with E-state index in [-0.39, 0.29) is 5.56 Å². The molecule has 1 N–H and O–H groups in total. The van der Waals surface area contributed by atoms with E-state index in [0.29, 0.717) is 17.3 Å². The first-order valence-corrected chi connectivity index (χ1v) is 12.6. The largest absolute Gasteiger partial charge is 0.317 e. The van der Waals surface area contributed by atoms with Gasteiger partial charge in [-0.3, -0.25) is 4.98 Å². The van der Waals surface area contributed by atoms with Gasteiger partial charge < -0.3 is 5.32 Å². The summed E-state index contributed by atoms with van der Waals surface area (Å²) < 4.78 is 28.6. The van der Waals surface area contributed by atoms with E-state index in [0.717, 1.165) is 59.3 Å². The van der Waals surface area contributed by atoms with Crippen LogP contribution in [-0.4, -0.2) is 28.0 Å². The van der Waals surface area contributed by atoms with Crippen molar-refractivity contribution in [3.05, 3.63) is 103 Å². The number of piperidine rings is 1. The SMILES string of the molecule is Fc1ccc(F)c(-c2cc(-c3cncc(-c4cccc(CC5CCNCC5)c4)c3)c3cccnc3n2)c1. The standard InChI is InChI=1S/C31H26F2N4/c32-25-6-7-29(33)28(16-25)30-17-27(26-5-2-10-36-31(26)37-30)24-15-23(18-35-19-24)22-4-1-3-21(14-22)13-20-8-11-34-12-9-20/h1-7,10,14-20,34H,8-9,11-13H2. The minimum absolute atomic E-state index is 0.100. The second kappa shape index (κ2) is 10.1. The Morgan fingerprint density at radius 3 is 2.57 bits per heavy atom. The van der Waals surface area contributed by atoms with Gasteiger partial charge in [0.1, 0.15) is 11.6 Å². The number of halogens is 2. The normalized spacial score (nSPS) is 14.2. The van der Waals surface area contributed by atoms with E-state index in [2.05, 4.69) is 50.6 Å². The van der Waals surface area contributed by atoms with Gasteiger partial charge >= 0.3 is 0 Å². The Kier molecular flexibility index (Phi) is 6.41. The zero-order valence-corrected chi connectivity index (χ0v) is 20.3. The fourth-order valence-electron chi connectivity index (χ4n) is 5.17. The topological polar surface area (TPSA) is 50.7 Å². The number of nitrogens with one attached hydrogen (secondary N) is 1. The Hall–Kier alpha value is -4.03. The molecule has 3 aromatic heterocycles. The Balaban J connectivity index is 1.41. The number of rotatable bonds is 5. The maximum absolute atomic E-state index is 14.6. The van der Waals surface area contributed by atoms with E-state index in [4.69, 9.17) is 0 Å². The molecule has 0 atom stereocenters. The van der Waals surface area contributed by atoms with Gasteiger partial charge in [-0.05, 0) is 97.4 Å². The molecule has 0 aliphatic carbocycles. The predicted molar refractivity (Wildman–Crippen MR) is 143 cm³/mol. The fourth-order valence-corrected chi connectivity index (χ4v) is 5.17. The molecule has 6 rings (SSSR count). The molecule has 184 valence electrons. The van der Waals surface area contributed by atoms with E-state index in [1.54, 1.807) is 18.5 Å². The second-order valence-electron chi connectivity index (χ2n) is 9.61. The van der Waals surface area contributed by atoms with Crippen LogP contribution in [0.4, 0.5) is 8.78 Å². The molecule has 6 heteroatoms. The average molecular weight is 493 g/mol. The third kappa shape index (κ3) is 4.98. The van der Waals surface area contributed by atoms with Crippen LogP contribution < -0.4 is 5.32 Å². The van der Waals surface area contributed by atoms with Crippen molar-refractivity contribution in [3.63, 3.8) is 0 Å². The molecule has 37 heavy (non-hydrogen) atoms. The fraction of sp³-hybridized carbons (Fsp3) is 0.194. The Morgan fingerprint density at radius 2 is 1.68 bits per heavy atom. The third-order valence-corrected chi connectivity index (χ3v) is 7.08. The molecule has 0 bridgehead atoms. The lowest BCUT2D eigenvalue weighted by molar-refractivity contribution is 0.373. The van der Waals surface area contributed by atoms with Gasteiger partial charge in [0.05, 0.1) is 5.69 Å². The minimum atomic E-state index is -0.535. The smallest absolute Gasteiger partial charge is 0.160 e. The third-order valence-electron chi connectivity index (χ3n) is 7.08. The molecule has 1 fully saturated rings. The summed E-state index contributed by atoms with van der Waals surface area (Å²) in [5.41, 5.74) is 6.00. The molecule has 0 spiro atoms. The summed E-state index contributed by atoms with van der Waals surface area (Å²) in [6.07, 6.45) is 8.79. The number of hydrogen-bond acceptors (Lipinski definition) is 4. The van der Waals surface area contributed by atoms with Gasteiger partial charge in [-0.1, -0.05) is 24.3 Å². The molecular weight excluding hydrogens is 466 g/mol. The number of hydrogen-bond donors (Lipinski definition) is 1. The summed E-state index contributed by atoms with van der Waals surface area (Å²) in [6.45, 7) is 2.18. The van der Waals surface area contributed by atoms with Crippen LogP contribution in [0.3, 0.4) is 0 Å². The number of aromatic nitrogens is 3. The highest BCUT2D eigenvalue weighted by molar-refractivity contribution is 5.95. The zero-order valence-electron chi connectivity index (χ0n) is 20.3. The van der Waals surface area contributed by atoms with Crippen molar-refractivity contribution in [2.24, 2.45) is 5.92 Å². The molecule has 4 heterocycles. The Bertz CT molecular complexity index is 1580. The number of fused-ring (bicyclic) bond motifs is 1. The van der Waals surface area contributed by atoms with Gasteiger partial charge in [-0.2, -0.15) is 0 Å². The highest BCUT2D eigenvalue weighted by atomic mass is 19.1. The molecule has 4 nitrogen and oxygen atoms in total. The highest BCUT2D eigenvalue weighted by Gasteiger charge is 2.16. The second-order valence-corrected chi connectivity index (χ2v) is 9.61. The van der Waals surface area contributed by atoms with Crippen LogP contribution in [0.5, 0.6) is 0 Å². The van der Waals surface area contributed by atoms with E-state index in [1.807, 2.05) is 18.3 Å². The van der Waals surface area contributed by atoms with Gasteiger partial charge in [-0.15, -0.1) is 0 Å². The van der Waals surface area contributed by atoms with Crippen LogP contribution in [-0.2, 0) is 6.42 Å². The van der Waals surface area contributed by atoms with Crippen LogP contribution in [0.1, 0.15) is 18.4 Å². The van der Waals surface area contributed by atoms with Crippen LogP contribution in [0.2, 0.25) is 0 Å². The monoisotopic (exact) mass is 492 g/mol. The van der Waals surface area contributed by atoms with Crippen molar-refractivity contribution in [2.75, 3.05) is 13.1 Å². The molecule has 0 saturated carbocycles. The van der Waals surface area contributed by atoms with Crippen molar-refractivity contribution < 1.29 is 8.78 Å². The summed E-state index contributed by atoms with van der Waals surface area (Å²) >= 11 is 0. The van der Waals surface area contributed by atoms with Gasteiger partial charge in [0.15, 0.2) is 5.65 Å². The molecule has 0 radical (unpaired) electrons. The minimum Gasteiger partial charge on any atom is -0.317 e. The van der Waals surface area contributed by atoms with Crippen LogP contribution in [0, 0.1) is 17.6 Å². The van der Waals surface area contributed by atoms with Crippen LogP contribution >= 0.6 is 0 Å². The molecule has 0 unspecified atom stereocenters. The summed E-state index contributed by atoms with van der Waals surface area (Å²) in [4.78, 5) is 13.5. The van der Waals surface area contributed by atoms with Gasteiger partial charge in [0, 0.05) is 40.7 Å². The lowest BCUT2D eigenvalue weighted by atomic mass is 9.90. The molecule has 1 aliphatic heterocycles. The van der Waals surface area contributed by atoms with E-state index >= 15 is 0 Å². The van der Waals surface area contributed by atoms with Crippen LogP contribution in [0.15, 0.2) is 85.3 Å². The summed E-state index contributed by atoms with van der Waals surface area (Å²) in [7, 11) is 0. The summed E-state index contributed by atoms with van der Waals surface area (Å²) in [6, 6.07) is 19.7. The molecule has 0 amide bonds. The quantitative estimate of drug-likeness (QED) is 0.292. The average Bonchev–Trinajstić information content (AvgIpc) is 2.94. The van der Waals surface area contributed by atoms with Crippen molar-refractivity contribution in [1.82, 2.24) is 20.3 Å². The van der Waals surface area contributed by atoms with Gasteiger partial charge in [0.2, 0.25) is 0 Å². The first kappa shape index (κ1) is 23.4. The number of pyridine rings is 3. The summed E-state index contributed by atoms with van der Waals surface area (Å²) in [5.74, 6) is -0.347. The Morgan fingerprint density at radius 1 is 0.811 bits per heavy atom. The highest BCUT2D eigenvalue weighted by Crippen LogP contribution is 2.34. The van der Waals surface area contributed by atoms with E-state index in [9.17, 15) is 8.78 Å². The van der Waals surface area contributed by atoms with Crippen molar-refractivity contribution in [2.45, 2.75) is 19.3 Å². The molecule has 1 saturated heterocycles. The number of benzene rings is 2. The van der Waals surface area contributed by atoms with Crippen molar-refractivity contribution >= 4 is 11.0 Å². The van der Waals surface area contributed by atoms with E-state index in [1.165, 1.54) is 24.5 Å². The first-order chi connectivity index (χ1) is 18.1. The molecule has 1 aliphatic rings. The summed E-state index contributed by atoms with van der Waals surface area (Å²) in [5, 5.41) is 4.26. The molecule has 5 aromatic rings. The van der Waals surface area contributed by atoms with Gasteiger partial charge in [-0.25, -0.2) is 18.7 Å². The lowest BCUT2D eigenvalue weighted by Gasteiger charge is -2.22. The molecule has 2 aromatic carbocycles.